The number of piperazine rings is 2. The first-order valence-corrected chi connectivity index (χ1v) is 19.6. The Kier molecular flexibility index (Phi) is 13.4. The van der Waals surface area contributed by atoms with E-state index in [9.17, 15) is 37.5 Å². The van der Waals surface area contributed by atoms with Crippen LogP contribution in [0, 0.1) is 11.3 Å². The smallest absolute Gasteiger partial charge is 0.417 e. The van der Waals surface area contributed by atoms with Crippen LogP contribution in [0.3, 0.4) is 0 Å². The van der Waals surface area contributed by atoms with Crippen molar-refractivity contribution in [3.8, 4) is 11.8 Å². The third kappa shape index (κ3) is 11.1. The lowest BCUT2D eigenvalue weighted by atomic mass is 10.0. The summed E-state index contributed by atoms with van der Waals surface area (Å²) in [5.41, 5.74) is -1.04. The van der Waals surface area contributed by atoms with E-state index < -0.39 is 47.4 Å². The predicted molar refractivity (Wildman–Crippen MR) is 214 cm³/mol. The minimum Gasteiger partial charge on any atom is -0.490 e. The lowest BCUT2D eigenvalue weighted by Crippen LogP contribution is -2.53. The molecule has 17 heteroatoms. The number of amides is 4. The topological polar surface area (TPSA) is 162 Å². The van der Waals surface area contributed by atoms with Gasteiger partial charge in [0, 0.05) is 96.0 Å². The van der Waals surface area contributed by atoms with Crippen molar-refractivity contribution < 1.29 is 42.2 Å². The Bertz CT molecular complexity index is 2020. The summed E-state index contributed by atoms with van der Waals surface area (Å²) in [7, 11) is 1.61. The average molecular weight is 819 g/mol. The number of piperidine rings is 1. The first kappa shape index (κ1) is 42.9. The number of halogens is 3. The third-order valence-corrected chi connectivity index (χ3v) is 11.1. The van der Waals surface area contributed by atoms with Crippen molar-refractivity contribution >= 4 is 40.7 Å². The minimum atomic E-state index is -4.79. The van der Waals surface area contributed by atoms with Crippen LogP contribution in [0.25, 0.3) is 0 Å². The first-order chi connectivity index (χ1) is 28.1. The molecule has 59 heavy (non-hydrogen) atoms. The number of nitrogens with one attached hydrogen (secondary N) is 2. The summed E-state index contributed by atoms with van der Waals surface area (Å²) in [6.45, 7) is 9.94. The number of likely N-dealkylation sites (N-methyl/N-ethyl adjacent to an activating group) is 1. The normalized spacial score (nSPS) is 19.0. The summed E-state index contributed by atoms with van der Waals surface area (Å²) in [6, 6.07) is 18.9. The second kappa shape index (κ2) is 18.5. The number of aliphatic hydroxyl groups is 1. The molecule has 2 atom stereocenters. The van der Waals surface area contributed by atoms with E-state index in [1.807, 2.05) is 36.4 Å². The fourth-order valence-corrected chi connectivity index (χ4v) is 7.35. The zero-order chi connectivity index (χ0) is 42.3. The highest BCUT2D eigenvalue weighted by molar-refractivity contribution is 6.01. The maximum Gasteiger partial charge on any atom is 0.417 e. The fourth-order valence-electron chi connectivity index (χ4n) is 7.35. The van der Waals surface area contributed by atoms with Crippen LogP contribution in [0.5, 0.6) is 5.75 Å². The zero-order valence-corrected chi connectivity index (χ0v) is 33.1. The van der Waals surface area contributed by atoms with E-state index in [0.29, 0.717) is 18.2 Å². The lowest BCUT2D eigenvalue weighted by Gasteiger charge is -2.39. The van der Waals surface area contributed by atoms with Gasteiger partial charge in [0.05, 0.1) is 23.6 Å². The summed E-state index contributed by atoms with van der Waals surface area (Å²) in [5, 5.41) is 24.3. The summed E-state index contributed by atoms with van der Waals surface area (Å²) < 4.78 is 45.7. The van der Waals surface area contributed by atoms with Crippen molar-refractivity contribution in [2.45, 2.75) is 44.0 Å². The maximum absolute atomic E-state index is 13.3. The van der Waals surface area contributed by atoms with Crippen LogP contribution in [-0.4, -0.2) is 134 Å². The molecule has 3 aromatic carbocycles. The number of benzene rings is 3. The van der Waals surface area contributed by atoms with Gasteiger partial charge in [-0.1, -0.05) is 12.1 Å². The van der Waals surface area contributed by atoms with E-state index in [1.165, 1.54) is 17.9 Å². The van der Waals surface area contributed by atoms with Gasteiger partial charge in [-0.3, -0.25) is 34.3 Å². The summed E-state index contributed by atoms with van der Waals surface area (Å²) in [5.74, 6) is -1.44. The Morgan fingerprint density at radius 2 is 1.46 bits per heavy atom. The van der Waals surface area contributed by atoms with Crippen LogP contribution in [0.15, 0.2) is 66.7 Å². The van der Waals surface area contributed by atoms with Crippen LogP contribution in [0.1, 0.15) is 36.5 Å². The Balaban J connectivity index is 0.875. The van der Waals surface area contributed by atoms with Gasteiger partial charge in [0.2, 0.25) is 17.7 Å². The highest BCUT2D eigenvalue weighted by atomic mass is 19.4. The van der Waals surface area contributed by atoms with Gasteiger partial charge in [0.25, 0.3) is 5.91 Å². The Morgan fingerprint density at radius 3 is 1.98 bits per heavy atom. The SMILES string of the molecule is CN(C(=O)Cc1ccc(N2CCN(CCN3CCN(c4ccc(OC[C@](C)(O)C(=O)Nc5ccc(C#N)c(C(F)(F)F)c5)cc4)CC3)CC2)cc1)C1CCC(=O)NC1=O. The van der Waals surface area contributed by atoms with Crippen LogP contribution in [0.2, 0.25) is 0 Å². The monoisotopic (exact) mass is 818 g/mol. The van der Waals surface area contributed by atoms with Gasteiger partial charge < -0.3 is 29.9 Å². The fraction of sp³-hybridized carbons (Fsp3) is 0.452. The van der Waals surface area contributed by atoms with Gasteiger partial charge in [-0.2, -0.15) is 18.4 Å². The second-order valence-electron chi connectivity index (χ2n) is 15.4. The number of ether oxygens (including phenoxy) is 1. The molecule has 3 N–H and O–H groups in total. The van der Waals surface area contributed by atoms with Gasteiger partial charge in [-0.25, -0.2) is 0 Å². The Labute approximate surface area is 341 Å². The molecule has 3 heterocycles. The van der Waals surface area contributed by atoms with Gasteiger partial charge in [-0.15, -0.1) is 0 Å². The molecule has 14 nitrogen and oxygen atoms in total. The first-order valence-electron chi connectivity index (χ1n) is 19.6. The van der Waals surface area contributed by atoms with E-state index in [1.54, 1.807) is 19.2 Å². The van der Waals surface area contributed by atoms with Crippen molar-refractivity contribution in [2.75, 3.05) is 94.2 Å². The zero-order valence-electron chi connectivity index (χ0n) is 33.1. The quantitative estimate of drug-likeness (QED) is 0.218. The number of hydrogen-bond donors (Lipinski definition) is 3. The Hall–Kier alpha value is -5.70. The summed E-state index contributed by atoms with van der Waals surface area (Å²) >= 11 is 0. The number of anilines is 3. The van der Waals surface area contributed by atoms with Crippen molar-refractivity contribution in [3.05, 3.63) is 83.4 Å². The molecule has 0 spiro atoms. The van der Waals surface area contributed by atoms with Crippen molar-refractivity contribution in [1.29, 1.82) is 5.26 Å². The molecule has 3 aliphatic rings. The number of nitrogens with zero attached hydrogens (tertiary/aromatic N) is 6. The molecule has 6 rings (SSSR count). The van der Waals surface area contributed by atoms with Gasteiger partial charge in [0.1, 0.15) is 18.4 Å². The number of hydrogen-bond acceptors (Lipinski definition) is 11. The van der Waals surface area contributed by atoms with Gasteiger partial charge >= 0.3 is 6.18 Å². The van der Waals surface area contributed by atoms with Gasteiger partial charge in [-0.05, 0) is 73.5 Å². The molecule has 1 unspecified atom stereocenters. The highest BCUT2D eigenvalue weighted by Gasteiger charge is 2.36. The van der Waals surface area contributed by atoms with Crippen LogP contribution < -0.4 is 25.2 Å². The van der Waals surface area contributed by atoms with Crippen molar-refractivity contribution in [3.63, 3.8) is 0 Å². The Morgan fingerprint density at radius 1 is 0.898 bits per heavy atom. The molecule has 3 aromatic rings. The number of nitriles is 1. The molecule has 3 aliphatic heterocycles. The number of alkyl halides is 3. The van der Waals surface area contributed by atoms with Crippen LogP contribution in [0.4, 0.5) is 30.2 Å². The molecule has 314 valence electrons. The molecular weight excluding hydrogens is 770 g/mol. The van der Waals surface area contributed by atoms with E-state index in [-0.39, 0.29) is 30.3 Å². The molecule has 0 aliphatic carbocycles. The van der Waals surface area contributed by atoms with E-state index in [4.69, 9.17) is 10.00 Å². The molecular formula is C42H49F3N8O6. The van der Waals surface area contributed by atoms with Crippen molar-refractivity contribution in [2.24, 2.45) is 0 Å². The van der Waals surface area contributed by atoms with E-state index in [0.717, 1.165) is 94.5 Å². The molecule has 0 bridgehead atoms. The highest BCUT2D eigenvalue weighted by Crippen LogP contribution is 2.34. The lowest BCUT2D eigenvalue weighted by molar-refractivity contribution is -0.144. The van der Waals surface area contributed by atoms with E-state index in [2.05, 4.69) is 30.2 Å². The predicted octanol–water partition coefficient (Wildman–Crippen LogP) is 3.10. The van der Waals surface area contributed by atoms with Crippen LogP contribution in [-0.2, 0) is 31.8 Å². The minimum absolute atomic E-state index is 0.166. The molecule has 0 radical (unpaired) electrons. The molecule has 3 saturated heterocycles. The standard InChI is InChI=1S/C42H49F3N8O6/c1-41(58,40(57)47-31-6-5-30(27-46)35(26-31)42(43,44)45)28-59-34-11-9-33(10-12-34)53-23-19-51(20-24-53)16-15-50-17-21-52(22-18-50)32-7-3-29(4-8-32)25-38(55)49(2)36-13-14-37(54)48-39(36)56/h3-12,26,36,58H,13-25,28H2,1-2H3,(H,47,57)(H,48,54,56)/t36?,41-/m0/s1. The number of carbonyl (C=O) groups is 4. The number of imide groups is 1. The maximum atomic E-state index is 13.3. The molecule has 3 fully saturated rings. The third-order valence-electron chi connectivity index (χ3n) is 11.1. The van der Waals surface area contributed by atoms with Crippen LogP contribution >= 0.6 is 0 Å². The summed E-state index contributed by atoms with van der Waals surface area (Å²) in [4.78, 5) is 60.2. The largest absolute Gasteiger partial charge is 0.490 e. The second-order valence-corrected chi connectivity index (χ2v) is 15.4. The molecule has 0 aromatic heterocycles. The molecule has 0 saturated carbocycles. The molecule has 4 amide bonds. The number of rotatable bonds is 13. The summed E-state index contributed by atoms with van der Waals surface area (Å²) in [6.07, 6.45) is -4.05. The van der Waals surface area contributed by atoms with Gasteiger partial charge in [0.15, 0.2) is 5.60 Å². The van der Waals surface area contributed by atoms with Crippen molar-refractivity contribution in [1.82, 2.24) is 20.0 Å². The average Bonchev–Trinajstić information content (AvgIpc) is 3.22. The number of carbonyl (C=O) groups excluding carboxylic acids is 4. The van der Waals surface area contributed by atoms with E-state index >= 15 is 0 Å².